The van der Waals surface area contributed by atoms with Crippen LogP contribution in [0.2, 0.25) is 0 Å². The van der Waals surface area contributed by atoms with Crippen molar-refractivity contribution in [2.24, 2.45) is 0 Å². The molecule has 1 aliphatic rings. The van der Waals surface area contributed by atoms with Gasteiger partial charge in [-0.15, -0.1) is 0 Å². The summed E-state index contributed by atoms with van der Waals surface area (Å²) in [6, 6.07) is 6.43. The molecule has 0 spiro atoms. The lowest BCUT2D eigenvalue weighted by Crippen LogP contribution is -2.15. The van der Waals surface area contributed by atoms with Crippen LogP contribution in [-0.2, 0) is 16.4 Å². The van der Waals surface area contributed by atoms with E-state index < -0.39 is 10.0 Å². The first-order valence-electron chi connectivity index (χ1n) is 8.69. The Hall–Kier alpha value is -2.13. The average molecular weight is 472 g/mol. The van der Waals surface area contributed by atoms with Crippen molar-refractivity contribution in [3.05, 3.63) is 34.3 Å². The maximum atomic E-state index is 13.1. The Labute approximate surface area is 173 Å². The number of ether oxygens (including phenoxy) is 4. The van der Waals surface area contributed by atoms with Crippen LogP contribution in [0.3, 0.4) is 0 Å². The van der Waals surface area contributed by atoms with Crippen molar-refractivity contribution in [1.29, 1.82) is 0 Å². The monoisotopic (exact) mass is 471 g/mol. The minimum atomic E-state index is -3.94. The summed E-state index contributed by atoms with van der Waals surface area (Å²) >= 11 is 3.30. The maximum absolute atomic E-state index is 13.1. The molecule has 28 heavy (non-hydrogen) atoms. The lowest BCUT2D eigenvalue weighted by Gasteiger charge is -2.16. The number of hydrogen-bond donors (Lipinski definition) is 1. The molecule has 2 aromatic rings. The summed E-state index contributed by atoms with van der Waals surface area (Å²) in [5.74, 6) is 1.84. The second-order valence-corrected chi connectivity index (χ2v) is 8.77. The third kappa shape index (κ3) is 4.00. The van der Waals surface area contributed by atoms with Crippen LogP contribution in [0.5, 0.6) is 23.0 Å². The number of hydrogen-bond acceptors (Lipinski definition) is 6. The van der Waals surface area contributed by atoms with Crippen LogP contribution in [0.4, 0.5) is 5.69 Å². The Bertz CT molecular complexity index is 992. The molecule has 1 aliphatic heterocycles. The van der Waals surface area contributed by atoms with Crippen molar-refractivity contribution in [1.82, 2.24) is 0 Å². The number of fused-ring (bicyclic) bond motifs is 1. The van der Waals surface area contributed by atoms with Gasteiger partial charge >= 0.3 is 0 Å². The third-order valence-corrected chi connectivity index (χ3v) is 6.59. The minimum absolute atomic E-state index is 0.0161. The molecular weight excluding hydrogens is 450 g/mol. The average Bonchev–Trinajstić information content (AvgIpc) is 3.00. The van der Waals surface area contributed by atoms with Gasteiger partial charge in [0.2, 0.25) is 0 Å². The van der Waals surface area contributed by atoms with Crippen LogP contribution in [0.15, 0.2) is 33.6 Å². The Balaban J connectivity index is 2.02. The Morgan fingerprint density at radius 3 is 2.46 bits per heavy atom. The van der Waals surface area contributed by atoms with E-state index in [1.807, 2.05) is 19.9 Å². The van der Waals surface area contributed by atoms with E-state index >= 15 is 0 Å². The van der Waals surface area contributed by atoms with Gasteiger partial charge in [0, 0.05) is 28.6 Å². The van der Waals surface area contributed by atoms with Crippen LogP contribution in [0.1, 0.15) is 19.4 Å². The highest BCUT2D eigenvalue weighted by molar-refractivity contribution is 9.10. The van der Waals surface area contributed by atoms with E-state index in [2.05, 4.69) is 20.7 Å². The second kappa shape index (κ2) is 8.08. The van der Waals surface area contributed by atoms with E-state index in [1.54, 1.807) is 12.1 Å². The SMILES string of the molecule is CCOc1cc2c(cc1NS(=O)(=O)c1cc(OC)c(OC)cc1Br)OC(C)C2. The molecule has 0 saturated heterocycles. The third-order valence-electron chi connectivity index (χ3n) is 4.27. The van der Waals surface area contributed by atoms with Gasteiger partial charge in [-0.05, 0) is 41.9 Å². The van der Waals surface area contributed by atoms with Gasteiger partial charge in [0.05, 0.1) is 26.5 Å². The molecule has 9 heteroatoms. The normalized spacial score (nSPS) is 15.5. The molecule has 1 N–H and O–H groups in total. The zero-order valence-corrected chi connectivity index (χ0v) is 18.4. The van der Waals surface area contributed by atoms with E-state index in [-0.39, 0.29) is 11.0 Å². The predicted octanol–water partition coefficient (Wildman–Crippen LogP) is 3.99. The number of halogens is 1. The zero-order valence-electron chi connectivity index (χ0n) is 16.0. The van der Waals surface area contributed by atoms with Gasteiger partial charge in [0.1, 0.15) is 22.5 Å². The van der Waals surface area contributed by atoms with E-state index in [9.17, 15) is 8.42 Å². The number of rotatable bonds is 7. The highest BCUT2D eigenvalue weighted by atomic mass is 79.9. The molecule has 0 radical (unpaired) electrons. The first-order valence-corrected chi connectivity index (χ1v) is 11.0. The lowest BCUT2D eigenvalue weighted by molar-refractivity contribution is 0.254. The molecule has 1 heterocycles. The van der Waals surface area contributed by atoms with Crippen LogP contribution in [0.25, 0.3) is 0 Å². The summed E-state index contributed by atoms with van der Waals surface area (Å²) in [5.41, 5.74) is 1.31. The fraction of sp³-hybridized carbons (Fsp3) is 0.368. The van der Waals surface area contributed by atoms with Gasteiger partial charge in [-0.2, -0.15) is 0 Å². The van der Waals surface area contributed by atoms with Crippen molar-refractivity contribution in [3.8, 4) is 23.0 Å². The Kier molecular flexibility index (Phi) is 5.95. The zero-order chi connectivity index (χ0) is 20.5. The van der Waals surface area contributed by atoms with Crippen LogP contribution in [-0.4, -0.2) is 35.3 Å². The Morgan fingerprint density at radius 2 is 1.82 bits per heavy atom. The highest BCUT2D eigenvalue weighted by Gasteiger charge is 2.26. The standard InChI is InChI=1S/C19H22BrNO6S/c1-5-26-16-7-12-6-11(2)27-15(12)9-14(16)21-28(22,23)19-10-18(25-4)17(24-3)8-13(19)20/h7-11,21H,5-6H2,1-4H3. The largest absolute Gasteiger partial charge is 0.493 e. The summed E-state index contributed by atoms with van der Waals surface area (Å²) in [6.45, 7) is 4.21. The molecule has 3 rings (SSSR count). The number of anilines is 1. The quantitative estimate of drug-likeness (QED) is 0.657. The van der Waals surface area contributed by atoms with Gasteiger partial charge in [-0.3, -0.25) is 4.72 Å². The fourth-order valence-corrected chi connectivity index (χ4v) is 5.13. The minimum Gasteiger partial charge on any atom is -0.493 e. The molecule has 2 aromatic carbocycles. The van der Waals surface area contributed by atoms with E-state index in [1.165, 1.54) is 20.3 Å². The van der Waals surface area contributed by atoms with Crippen molar-refractivity contribution < 1.29 is 27.4 Å². The van der Waals surface area contributed by atoms with Gasteiger partial charge in [-0.1, -0.05) is 0 Å². The van der Waals surface area contributed by atoms with Crippen molar-refractivity contribution in [2.45, 2.75) is 31.3 Å². The molecule has 0 aliphatic carbocycles. The predicted molar refractivity (Wildman–Crippen MR) is 109 cm³/mol. The highest BCUT2D eigenvalue weighted by Crippen LogP contribution is 2.40. The van der Waals surface area contributed by atoms with Crippen molar-refractivity contribution in [2.75, 3.05) is 25.5 Å². The van der Waals surface area contributed by atoms with Crippen LogP contribution in [0, 0.1) is 0 Å². The number of sulfonamides is 1. The first kappa shape index (κ1) is 20.6. The van der Waals surface area contributed by atoms with Gasteiger partial charge in [0.15, 0.2) is 11.5 Å². The van der Waals surface area contributed by atoms with E-state index in [4.69, 9.17) is 18.9 Å². The molecule has 152 valence electrons. The number of methoxy groups -OCH3 is 2. The Morgan fingerprint density at radius 1 is 1.14 bits per heavy atom. The first-order chi connectivity index (χ1) is 13.3. The van der Waals surface area contributed by atoms with Gasteiger partial charge in [-0.25, -0.2) is 8.42 Å². The van der Waals surface area contributed by atoms with Gasteiger partial charge < -0.3 is 18.9 Å². The molecule has 0 fully saturated rings. The summed E-state index contributed by atoms with van der Waals surface area (Å²) < 4.78 is 51.0. The fourth-order valence-electron chi connectivity index (χ4n) is 3.04. The molecule has 0 aromatic heterocycles. The molecule has 0 saturated carbocycles. The maximum Gasteiger partial charge on any atom is 0.263 e. The van der Waals surface area contributed by atoms with E-state index in [0.717, 1.165) is 12.0 Å². The van der Waals surface area contributed by atoms with Crippen LogP contribution >= 0.6 is 15.9 Å². The van der Waals surface area contributed by atoms with Crippen molar-refractivity contribution >= 4 is 31.6 Å². The van der Waals surface area contributed by atoms with Crippen LogP contribution < -0.4 is 23.7 Å². The topological polar surface area (TPSA) is 83.1 Å². The van der Waals surface area contributed by atoms with E-state index in [0.29, 0.717) is 39.8 Å². The van der Waals surface area contributed by atoms with Crippen molar-refractivity contribution in [3.63, 3.8) is 0 Å². The summed E-state index contributed by atoms with van der Waals surface area (Å²) in [5, 5.41) is 0. The number of nitrogens with one attached hydrogen (secondary N) is 1. The molecule has 0 amide bonds. The second-order valence-electron chi connectivity index (χ2n) is 6.26. The molecule has 7 nitrogen and oxygen atoms in total. The molecule has 1 atom stereocenters. The summed E-state index contributed by atoms with van der Waals surface area (Å²) in [4.78, 5) is 0.0161. The smallest absolute Gasteiger partial charge is 0.263 e. The summed E-state index contributed by atoms with van der Waals surface area (Å²) in [7, 11) is -1.01. The lowest BCUT2D eigenvalue weighted by atomic mass is 10.1. The molecule has 1 unspecified atom stereocenters. The summed E-state index contributed by atoms with van der Waals surface area (Å²) in [6.07, 6.45) is 0.792. The molecular formula is C19H22BrNO6S. The van der Waals surface area contributed by atoms with Gasteiger partial charge in [0.25, 0.3) is 10.0 Å². The number of benzene rings is 2. The molecule has 0 bridgehead atoms.